The molecule has 3 aromatic rings. The van der Waals surface area contributed by atoms with E-state index in [1.165, 1.54) is 69.2 Å². The van der Waals surface area contributed by atoms with Crippen molar-refractivity contribution in [2.24, 2.45) is 0 Å². The van der Waals surface area contributed by atoms with Crippen LogP contribution in [-0.2, 0) is 6.42 Å². The van der Waals surface area contributed by atoms with Crippen LogP contribution >= 0.6 is 11.8 Å². The molecule has 0 saturated heterocycles. The average Bonchev–Trinajstić information content (AvgIpc) is 2.89. The molecule has 0 unspecified atom stereocenters. The Hall–Kier alpha value is -2.47. The fraction of sp³-hybridized carbons (Fsp3) is 0.438. The van der Waals surface area contributed by atoms with Crippen LogP contribution in [0.4, 0.5) is 17.6 Å². The van der Waals surface area contributed by atoms with Crippen molar-refractivity contribution >= 4 is 11.8 Å². The first-order valence-corrected chi connectivity index (χ1v) is 14.4. The normalized spacial score (nSPS) is 12.1. The monoisotopic (exact) mass is 546 g/mol. The Morgan fingerprint density at radius 2 is 1.18 bits per heavy atom. The Morgan fingerprint density at radius 1 is 0.658 bits per heavy atom. The summed E-state index contributed by atoms with van der Waals surface area (Å²) in [6, 6.07) is 20.1. The van der Waals surface area contributed by atoms with E-state index in [0.717, 1.165) is 28.9 Å². The van der Waals surface area contributed by atoms with Crippen LogP contribution in [0.2, 0.25) is 0 Å². The van der Waals surface area contributed by atoms with Crippen molar-refractivity contribution in [3.63, 3.8) is 0 Å². The van der Waals surface area contributed by atoms with E-state index >= 15 is 0 Å². The number of halogens is 4. The van der Waals surface area contributed by atoms with E-state index in [-0.39, 0.29) is 22.2 Å². The topological polar surface area (TPSA) is 9.23 Å². The minimum absolute atomic E-state index is 0.101. The van der Waals surface area contributed by atoms with Crippen LogP contribution in [0.3, 0.4) is 0 Å². The minimum Gasteiger partial charge on any atom is -0.494 e. The van der Waals surface area contributed by atoms with Gasteiger partial charge in [-0.05, 0) is 66.1 Å². The highest BCUT2D eigenvalue weighted by molar-refractivity contribution is 8.00. The van der Waals surface area contributed by atoms with Crippen molar-refractivity contribution in [2.75, 3.05) is 6.61 Å². The molecule has 3 aromatic carbocycles. The third-order valence-corrected chi connectivity index (χ3v) is 7.59. The van der Waals surface area contributed by atoms with E-state index in [4.69, 9.17) is 4.74 Å². The Balaban J connectivity index is 1.47. The highest BCUT2D eigenvalue weighted by Gasteiger charge is 2.56. The molecular weight excluding hydrogens is 508 g/mol. The molecule has 0 N–H and O–H groups in total. The number of aryl methyl sites for hydroxylation is 1. The van der Waals surface area contributed by atoms with Gasteiger partial charge in [-0.15, -0.1) is 0 Å². The molecule has 1 nitrogen and oxygen atoms in total. The number of hydrogen-bond acceptors (Lipinski definition) is 2. The third kappa shape index (κ3) is 9.37. The molecule has 0 spiro atoms. The molecule has 3 rings (SSSR count). The van der Waals surface area contributed by atoms with Crippen LogP contribution in [0.15, 0.2) is 77.7 Å². The molecule has 0 aromatic heterocycles. The Bertz CT molecular complexity index is 1080. The predicted molar refractivity (Wildman–Crippen MR) is 151 cm³/mol. The summed E-state index contributed by atoms with van der Waals surface area (Å²) in [6.07, 6.45) is 8.95. The lowest BCUT2D eigenvalue weighted by atomic mass is 10.0. The molecular formula is C32H38F4OS. The molecule has 38 heavy (non-hydrogen) atoms. The second-order valence-corrected chi connectivity index (χ2v) is 11.0. The zero-order valence-corrected chi connectivity index (χ0v) is 23.1. The number of thioether (sulfide) groups is 1. The average molecular weight is 547 g/mol. The van der Waals surface area contributed by atoms with Gasteiger partial charge in [-0.1, -0.05) is 106 Å². The van der Waals surface area contributed by atoms with E-state index in [1.807, 2.05) is 31.2 Å². The molecule has 0 aliphatic rings. The molecule has 0 fully saturated rings. The minimum atomic E-state index is -4.23. The van der Waals surface area contributed by atoms with Gasteiger partial charge in [0.1, 0.15) is 5.75 Å². The first-order chi connectivity index (χ1) is 18.2. The molecule has 0 saturated carbocycles. The van der Waals surface area contributed by atoms with E-state index in [9.17, 15) is 17.6 Å². The van der Waals surface area contributed by atoms with Gasteiger partial charge in [-0.3, -0.25) is 0 Å². The van der Waals surface area contributed by atoms with E-state index in [2.05, 4.69) is 6.92 Å². The van der Waals surface area contributed by atoms with Gasteiger partial charge in [-0.25, -0.2) is 0 Å². The number of ether oxygens (including phenoxy) is 1. The van der Waals surface area contributed by atoms with Crippen molar-refractivity contribution in [3.05, 3.63) is 83.9 Å². The van der Waals surface area contributed by atoms with Gasteiger partial charge in [0.25, 0.3) is 0 Å². The fourth-order valence-electron chi connectivity index (χ4n) is 4.17. The van der Waals surface area contributed by atoms with Crippen molar-refractivity contribution in [1.29, 1.82) is 0 Å². The Kier molecular flexibility index (Phi) is 11.6. The number of rotatable bonds is 16. The number of alkyl halides is 4. The van der Waals surface area contributed by atoms with Gasteiger partial charge in [-0.2, -0.15) is 17.6 Å². The van der Waals surface area contributed by atoms with Crippen LogP contribution in [-0.4, -0.2) is 17.8 Å². The van der Waals surface area contributed by atoms with Crippen LogP contribution in [0.5, 0.6) is 5.75 Å². The van der Waals surface area contributed by atoms with E-state index in [0.29, 0.717) is 6.61 Å². The largest absolute Gasteiger partial charge is 0.494 e. The zero-order valence-electron chi connectivity index (χ0n) is 22.3. The molecule has 0 atom stereocenters. The molecule has 0 heterocycles. The van der Waals surface area contributed by atoms with E-state index < -0.39 is 17.6 Å². The number of benzene rings is 3. The van der Waals surface area contributed by atoms with Crippen molar-refractivity contribution < 1.29 is 22.3 Å². The molecule has 206 valence electrons. The van der Waals surface area contributed by atoms with Crippen molar-refractivity contribution in [2.45, 2.75) is 87.7 Å². The zero-order chi connectivity index (χ0) is 27.4. The summed E-state index contributed by atoms with van der Waals surface area (Å²) in [7, 11) is 0. The lowest BCUT2D eigenvalue weighted by Gasteiger charge is -2.26. The summed E-state index contributed by atoms with van der Waals surface area (Å²) in [5, 5.41) is -4.23. The van der Waals surface area contributed by atoms with Gasteiger partial charge in [0.05, 0.1) is 6.61 Å². The molecule has 6 heteroatoms. The summed E-state index contributed by atoms with van der Waals surface area (Å²) in [4.78, 5) is 0.112. The number of hydrogen-bond donors (Lipinski definition) is 0. The summed E-state index contributed by atoms with van der Waals surface area (Å²) in [5.41, 5.74) is 2.77. The summed E-state index contributed by atoms with van der Waals surface area (Å²) in [5.74, 6) is -3.40. The SMILES string of the molecule is CCCCCCCCCCOc1ccc(-c2ccc(CC(F)(F)C(F)(F)Sc3ccc(C)cc3)cc2)cc1. The smallest absolute Gasteiger partial charge is 0.360 e. The van der Waals surface area contributed by atoms with Gasteiger partial charge in [0.15, 0.2) is 0 Å². The predicted octanol–water partition coefficient (Wildman–Crippen LogP) is 10.7. The molecule has 0 aliphatic carbocycles. The summed E-state index contributed by atoms with van der Waals surface area (Å²) < 4.78 is 63.9. The van der Waals surface area contributed by atoms with Crippen LogP contribution in [0.25, 0.3) is 11.1 Å². The lowest BCUT2D eigenvalue weighted by Crippen LogP contribution is -2.39. The maximum absolute atomic E-state index is 14.6. The van der Waals surface area contributed by atoms with E-state index in [1.54, 1.807) is 24.3 Å². The molecule has 0 amide bonds. The fourth-order valence-corrected chi connectivity index (χ4v) is 4.96. The third-order valence-electron chi connectivity index (χ3n) is 6.53. The second kappa shape index (κ2) is 14.6. The van der Waals surface area contributed by atoms with Gasteiger partial charge >= 0.3 is 11.2 Å². The van der Waals surface area contributed by atoms with Crippen LogP contribution in [0, 0.1) is 6.92 Å². The van der Waals surface area contributed by atoms with Gasteiger partial charge in [0, 0.05) is 11.3 Å². The molecule has 0 aliphatic heterocycles. The highest BCUT2D eigenvalue weighted by Crippen LogP contribution is 2.48. The second-order valence-electron chi connectivity index (χ2n) is 9.86. The number of unbranched alkanes of at least 4 members (excludes halogenated alkanes) is 7. The first kappa shape index (κ1) is 30.1. The summed E-state index contributed by atoms with van der Waals surface area (Å²) in [6.45, 7) is 4.72. The van der Waals surface area contributed by atoms with Gasteiger partial charge < -0.3 is 4.74 Å². The van der Waals surface area contributed by atoms with Crippen molar-refractivity contribution in [3.8, 4) is 16.9 Å². The maximum atomic E-state index is 14.6. The molecule has 0 bridgehead atoms. The van der Waals surface area contributed by atoms with Gasteiger partial charge in [0.2, 0.25) is 0 Å². The summed E-state index contributed by atoms with van der Waals surface area (Å²) >= 11 is -0.101. The quantitative estimate of drug-likeness (QED) is 0.100. The maximum Gasteiger partial charge on any atom is 0.360 e. The lowest BCUT2D eigenvalue weighted by molar-refractivity contribution is -0.150. The standard InChI is InChI=1S/C32H38F4OS/c1-3-4-5-6-7-8-9-10-23-37-29-19-17-28(18-20-29)27-15-13-26(14-16-27)24-31(33,34)32(35,36)38-30-21-11-25(2)12-22-30/h11-22H,3-10,23-24H2,1-2H3. The van der Waals surface area contributed by atoms with Crippen LogP contribution < -0.4 is 4.74 Å². The first-order valence-electron chi connectivity index (χ1n) is 13.5. The van der Waals surface area contributed by atoms with Crippen molar-refractivity contribution in [1.82, 2.24) is 0 Å². The Morgan fingerprint density at radius 3 is 1.76 bits per heavy atom. The highest BCUT2D eigenvalue weighted by atomic mass is 32.2. The Labute approximate surface area is 229 Å². The molecule has 0 radical (unpaired) electrons. The van der Waals surface area contributed by atoms with Crippen LogP contribution in [0.1, 0.15) is 69.4 Å².